The molecule has 2 unspecified atom stereocenters. The van der Waals surface area contributed by atoms with Crippen LogP contribution in [-0.2, 0) is 4.74 Å². The molecular weight excluding hydrogens is 232 g/mol. The van der Waals surface area contributed by atoms with Crippen LogP contribution in [0.3, 0.4) is 0 Å². The first-order chi connectivity index (χ1) is 8.29. The van der Waals surface area contributed by atoms with E-state index in [1.807, 2.05) is 11.3 Å². The third-order valence-corrected chi connectivity index (χ3v) is 4.47. The Bertz CT molecular complexity index is 334. The molecule has 2 atom stereocenters. The van der Waals surface area contributed by atoms with E-state index in [1.165, 1.54) is 29.0 Å². The van der Waals surface area contributed by atoms with Crippen molar-refractivity contribution in [2.45, 2.75) is 51.2 Å². The Morgan fingerprint density at radius 2 is 2.41 bits per heavy atom. The van der Waals surface area contributed by atoms with E-state index in [2.05, 4.69) is 24.5 Å². The Hall–Kier alpha value is -0.420. The summed E-state index contributed by atoms with van der Waals surface area (Å²) in [6, 6.07) is 4.60. The number of hydrogen-bond donors (Lipinski definition) is 2. The van der Waals surface area contributed by atoms with Gasteiger partial charge in [-0.1, -0.05) is 0 Å². The molecule has 0 radical (unpaired) electrons. The number of ether oxygens (including phenoxy) is 1. The Labute approximate surface area is 107 Å². The molecule has 3 N–H and O–H groups in total. The fourth-order valence-corrected chi connectivity index (χ4v) is 3.31. The molecule has 17 heavy (non-hydrogen) atoms. The normalized spacial score (nSPS) is 22.6. The van der Waals surface area contributed by atoms with Crippen LogP contribution in [0.1, 0.15) is 47.9 Å². The molecule has 0 spiro atoms. The van der Waals surface area contributed by atoms with Gasteiger partial charge in [0.25, 0.3) is 0 Å². The molecule has 2 heterocycles. The maximum Gasteiger partial charge on any atom is 0.0575 e. The van der Waals surface area contributed by atoms with Crippen molar-refractivity contribution in [2.75, 3.05) is 6.61 Å². The molecule has 4 heteroatoms. The number of nitrogens with two attached hydrogens (primary N) is 1. The predicted octanol–water partition coefficient (Wildman–Crippen LogP) is 2.91. The lowest BCUT2D eigenvalue weighted by atomic mass is 10.0. The van der Waals surface area contributed by atoms with Gasteiger partial charge >= 0.3 is 0 Å². The third-order valence-electron chi connectivity index (χ3n) is 3.36. The molecule has 0 saturated carbocycles. The number of aryl methyl sites for hydroxylation is 1. The molecular formula is C13H22N2OS. The fraction of sp³-hybridized carbons (Fsp3) is 0.692. The fourth-order valence-electron chi connectivity index (χ4n) is 2.34. The molecule has 2 rings (SSSR count). The van der Waals surface area contributed by atoms with Crippen LogP contribution in [0.2, 0.25) is 0 Å². The molecule has 0 aliphatic carbocycles. The zero-order valence-corrected chi connectivity index (χ0v) is 11.3. The van der Waals surface area contributed by atoms with Gasteiger partial charge in [-0.25, -0.2) is 0 Å². The summed E-state index contributed by atoms with van der Waals surface area (Å²) in [5.74, 6) is 5.65. The molecule has 1 fully saturated rings. The lowest BCUT2D eigenvalue weighted by Gasteiger charge is -2.24. The van der Waals surface area contributed by atoms with Crippen LogP contribution in [0.5, 0.6) is 0 Å². The summed E-state index contributed by atoms with van der Waals surface area (Å²) in [6.45, 7) is 3.06. The van der Waals surface area contributed by atoms with Gasteiger partial charge in [0.1, 0.15) is 0 Å². The summed E-state index contributed by atoms with van der Waals surface area (Å²) < 4.78 is 5.75. The summed E-state index contributed by atoms with van der Waals surface area (Å²) in [4.78, 5) is 2.68. The van der Waals surface area contributed by atoms with E-state index in [0.29, 0.717) is 6.10 Å². The maximum absolute atomic E-state index is 5.75. The molecule has 96 valence electrons. The van der Waals surface area contributed by atoms with Crippen molar-refractivity contribution in [3.63, 3.8) is 0 Å². The van der Waals surface area contributed by atoms with Gasteiger partial charge in [0.2, 0.25) is 0 Å². The predicted molar refractivity (Wildman–Crippen MR) is 71.9 cm³/mol. The first kappa shape index (κ1) is 13.0. The minimum Gasteiger partial charge on any atom is -0.378 e. The Kier molecular flexibility index (Phi) is 4.98. The number of rotatable bonds is 5. The minimum absolute atomic E-state index is 0.277. The van der Waals surface area contributed by atoms with E-state index in [4.69, 9.17) is 10.6 Å². The van der Waals surface area contributed by atoms with Gasteiger partial charge in [-0.05, 0) is 51.2 Å². The van der Waals surface area contributed by atoms with Crippen LogP contribution >= 0.6 is 11.3 Å². The summed E-state index contributed by atoms with van der Waals surface area (Å²) >= 11 is 1.82. The van der Waals surface area contributed by atoms with Crippen LogP contribution in [-0.4, -0.2) is 12.7 Å². The zero-order valence-electron chi connectivity index (χ0n) is 10.4. The van der Waals surface area contributed by atoms with Crippen LogP contribution in [0.15, 0.2) is 12.1 Å². The van der Waals surface area contributed by atoms with Crippen molar-refractivity contribution >= 4 is 11.3 Å². The molecule has 0 bridgehead atoms. The smallest absolute Gasteiger partial charge is 0.0575 e. The minimum atomic E-state index is 0.277. The Morgan fingerprint density at radius 3 is 3.00 bits per heavy atom. The highest BCUT2D eigenvalue weighted by atomic mass is 32.1. The largest absolute Gasteiger partial charge is 0.378 e. The Morgan fingerprint density at radius 1 is 1.53 bits per heavy atom. The average molecular weight is 254 g/mol. The van der Waals surface area contributed by atoms with Crippen molar-refractivity contribution in [3.8, 4) is 0 Å². The van der Waals surface area contributed by atoms with Crippen LogP contribution in [0.25, 0.3) is 0 Å². The van der Waals surface area contributed by atoms with Gasteiger partial charge < -0.3 is 4.74 Å². The van der Waals surface area contributed by atoms with Crippen molar-refractivity contribution in [1.82, 2.24) is 5.43 Å². The quantitative estimate of drug-likeness (QED) is 0.627. The summed E-state index contributed by atoms with van der Waals surface area (Å²) in [6.07, 6.45) is 6.34. The first-order valence-electron chi connectivity index (χ1n) is 6.43. The second kappa shape index (κ2) is 6.50. The van der Waals surface area contributed by atoms with E-state index in [-0.39, 0.29) is 6.04 Å². The number of hydrazine groups is 1. The lowest BCUT2D eigenvalue weighted by molar-refractivity contribution is 0.00860. The van der Waals surface area contributed by atoms with Crippen LogP contribution in [0, 0.1) is 6.92 Å². The van der Waals surface area contributed by atoms with Gasteiger partial charge in [-0.15, -0.1) is 11.3 Å². The molecule has 1 aromatic heterocycles. The standard InChI is InChI=1S/C13H22N2OS/c1-10-5-8-13(17-10)12(15-14)7-6-11-4-2-3-9-16-11/h5,8,11-12,15H,2-4,6-7,9,14H2,1H3. The van der Waals surface area contributed by atoms with Gasteiger partial charge in [0.05, 0.1) is 12.1 Å². The highest BCUT2D eigenvalue weighted by Gasteiger charge is 2.17. The van der Waals surface area contributed by atoms with Gasteiger partial charge in [0, 0.05) is 16.4 Å². The molecule has 0 amide bonds. The van der Waals surface area contributed by atoms with Gasteiger partial charge in [-0.2, -0.15) is 0 Å². The van der Waals surface area contributed by atoms with E-state index >= 15 is 0 Å². The summed E-state index contributed by atoms with van der Waals surface area (Å²) in [7, 11) is 0. The Balaban J connectivity index is 1.82. The van der Waals surface area contributed by atoms with Crippen molar-refractivity contribution < 1.29 is 4.74 Å². The molecule has 3 nitrogen and oxygen atoms in total. The SMILES string of the molecule is Cc1ccc(C(CCC2CCCCO2)NN)s1. The molecule has 1 aliphatic rings. The maximum atomic E-state index is 5.75. The number of nitrogens with one attached hydrogen (secondary N) is 1. The van der Waals surface area contributed by atoms with Crippen molar-refractivity contribution in [2.24, 2.45) is 5.84 Å². The van der Waals surface area contributed by atoms with Crippen molar-refractivity contribution in [1.29, 1.82) is 0 Å². The highest BCUT2D eigenvalue weighted by molar-refractivity contribution is 7.12. The molecule has 0 aromatic carbocycles. The number of thiophene rings is 1. The second-order valence-corrected chi connectivity index (χ2v) is 6.05. The van der Waals surface area contributed by atoms with E-state index in [9.17, 15) is 0 Å². The first-order valence-corrected chi connectivity index (χ1v) is 7.25. The molecule has 1 aliphatic heterocycles. The third kappa shape index (κ3) is 3.78. The molecule has 1 aromatic rings. The molecule has 1 saturated heterocycles. The van der Waals surface area contributed by atoms with Gasteiger partial charge in [0.15, 0.2) is 0 Å². The van der Waals surface area contributed by atoms with E-state index < -0.39 is 0 Å². The van der Waals surface area contributed by atoms with Crippen LogP contribution < -0.4 is 11.3 Å². The van der Waals surface area contributed by atoms with E-state index in [1.54, 1.807) is 0 Å². The monoisotopic (exact) mass is 254 g/mol. The summed E-state index contributed by atoms with van der Waals surface area (Å²) in [5, 5.41) is 0. The second-order valence-electron chi connectivity index (χ2n) is 4.73. The zero-order chi connectivity index (χ0) is 12.1. The lowest BCUT2D eigenvalue weighted by Crippen LogP contribution is -2.29. The highest BCUT2D eigenvalue weighted by Crippen LogP contribution is 2.27. The summed E-state index contributed by atoms with van der Waals surface area (Å²) in [5.41, 5.74) is 2.93. The van der Waals surface area contributed by atoms with Crippen LogP contribution in [0.4, 0.5) is 0 Å². The van der Waals surface area contributed by atoms with Crippen molar-refractivity contribution in [3.05, 3.63) is 21.9 Å². The van der Waals surface area contributed by atoms with E-state index in [0.717, 1.165) is 19.4 Å². The average Bonchev–Trinajstić information content (AvgIpc) is 2.78. The topological polar surface area (TPSA) is 47.3 Å². The number of hydrogen-bond acceptors (Lipinski definition) is 4. The van der Waals surface area contributed by atoms with Gasteiger partial charge in [-0.3, -0.25) is 11.3 Å².